The van der Waals surface area contributed by atoms with Crippen LogP contribution in [-0.4, -0.2) is 24.9 Å². The van der Waals surface area contributed by atoms with Gasteiger partial charge in [0.2, 0.25) is 0 Å². The van der Waals surface area contributed by atoms with Crippen LogP contribution in [-0.2, 0) is 16.6 Å². The van der Waals surface area contributed by atoms with Gasteiger partial charge < -0.3 is 9.84 Å². The Kier molecular flexibility index (Phi) is 4.79. The fraction of sp³-hybridized carbons (Fsp3) is 0.625. The summed E-state index contributed by atoms with van der Waals surface area (Å²) in [5.74, 6) is 0. The van der Waals surface area contributed by atoms with E-state index in [2.05, 4.69) is 31.2 Å². The molecule has 18 heavy (non-hydrogen) atoms. The monoisotopic (exact) mass is 248 g/mol. The second kappa shape index (κ2) is 6.35. The third kappa shape index (κ3) is 2.76. The SMILES string of the molecule is CCCOCCC1(CO)CCCc2ccccc21. The van der Waals surface area contributed by atoms with Crippen molar-refractivity contribution < 1.29 is 9.84 Å². The molecule has 2 nitrogen and oxygen atoms in total. The zero-order chi connectivity index (χ0) is 12.8. The maximum atomic E-state index is 9.89. The molecule has 1 N–H and O–H groups in total. The van der Waals surface area contributed by atoms with Crippen molar-refractivity contribution in [2.24, 2.45) is 0 Å². The predicted molar refractivity (Wildman–Crippen MR) is 73.9 cm³/mol. The van der Waals surface area contributed by atoms with Crippen LogP contribution in [0.25, 0.3) is 0 Å². The summed E-state index contributed by atoms with van der Waals surface area (Å²) >= 11 is 0. The van der Waals surface area contributed by atoms with Gasteiger partial charge in [-0.1, -0.05) is 31.2 Å². The third-order valence-electron chi connectivity index (χ3n) is 4.07. The van der Waals surface area contributed by atoms with Gasteiger partial charge in [-0.15, -0.1) is 0 Å². The number of rotatable bonds is 6. The largest absolute Gasteiger partial charge is 0.395 e. The van der Waals surface area contributed by atoms with Gasteiger partial charge in [0.25, 0.3) is 0 Å². The van der Waals surface area contributed by atoms with Gasteiger partial charge in [0.05, 0.1) is 6.61 Å². The Hall–Kier alpha value is -0.860. The molecule has 1 aliphatic carbocycles. The normalized spacial score (nSPS) is 22.8. The summed E-state index contributed by atoms with van der Waals surface area (Å²) < 4.78 is 5.62. The first-order valence-electron chi connectivity index (χ1n) is 7.09. The lowest BCUT2D eigenvalue weighted by molar-refractivity contribution is 0.0859. The van der Waals surface area contributed by atoms with Crippen LogP contribution in [0, 0.1) is 0 Å². The Bertz CT molecular complexity index is 375. The van der Waals surface area contributed by atoms with Crippen LogP contribution in [0.15, 0.2) is 24.3 Å². The minimum Gasteiger partial charge on any atom is -0.395 e. The summed E-state index contributed by atoms with van der Waals surface area (Å²) in [6.07, 6.45) is 5.39. The molecule has 0 spiro atoms. The highest BCUT2D eigenvalue weighted by Crippen LogP contribution is 2.39. The molecule has 1 unspecified atom stereocenters. The number of hydrogen-bond donors (Lipinski definition) is 1. The van der Waals surface area contributed by atoms with Gasteiger partial charge in [0.15, 0.2) is 0 Å². The van der Waals surface area contributed by atoms with E-state index in [1.165, 1.54) is 17.5 Å². The second-order valence-electron chi connectivity index (χ2n) is 5.31. The molecule has 0 saturated carbocycles. The highest BCUT2D eigenvalue weighted by atomic mass is 16.5. The molecule has 0 radical (unpaired) electrons. The van der Waals surface area contributed by atoms with Gasteiger partial charge >= 0.3 is 0 Å². The third-order valence-corrected chi connectivity index (χ3v) is 4.07. The summed E-state index contributed by atoms with van der Waals surface area (Å²) in [5, 5.41) is 9.89. The Morgan fingerprint density at radius 2 is 2.11 bits per heavy atom. The maximum Gasteiger partial charge on any atom is 0.0528 e. The molecular formula is C16H24O2. The number of fused-ring (bicyclic) bond motifs is 1. The van der Waals surface area contributed by atoms with Crippen LogP contribution >= 0.6 is 0 Å². The molecular weight excluding hydrogens is 224 g/mol. The number of benzene rings is 1. The molecule has 0 heterocycles. The fourth-order valence-electron chi connectivity index (χ4n) is 3.02. The molecule has 100 valence electrons. The van der Waals surface area contributed by atoms with Crippen molar-refractivity contribution in [3.63, 3.8) is 0 Å². The predicted octanol–water partition coefficient (Wildman–Crippen LogP) is 3.07. The number of aliphatic hydroxyl groups is 1. The molecule has 0 aromatic heterocycles. The zero-order valence-corrected chi connectivity index (χ0v) is 11.3. The smallest absolute Gasteiger partial charge is 0.0528 e. The van der Waals surface area contributed by atoms with Crippen molar-refractivity contribution >= 4 is 0 Å². The van der Waals surface area contributed by atoms with E-state index in [0.717, 1.165) is 38.9 Å². The molecule has 1 aromatic carbocycles. The quantitative estimate of drug-likeness (QED) is 0.784. The first-order chi connectivity index (χ1) is 8.82. The average molecular weight is 248 g/mol. The number of aliphatic hydroxyl groups excluding tert-OH is 1. The van der Waals surface area contributed by atoms with Crippen LogP contribution < -0.4 is 0 Å². The van der Waals surface area contributed by atoms with E-state index in [4.69, 9.17) is 4.74 Å². The number of hydrogen-bond acceptors (Lipinski definition) is 2. The number of ether oxygens (including phenoxy) is 1. The Morgan fingerprint density at radius 3 is 2.89 bits per heavy atom. The fourth-order valence-corrected chi connectivity index (χ4v) is 3.02. The van der Waals surface area contributed by atoms with Crippen LogP contribution in [0.3, 0.4) is 0 Å². The van der Waals surface area contributed by atoms with Crippen molar-refractivity contribution in [3.8, 4) is 0 Å². The van der Waals surface area contributed by atoms with Crippen molar-refractivity contribution in [1.29, 1.82) is 0 Å². The summed E-state index contributed by atoms with van der Waals surface area (Å²) in [4.78, 5) is 0. The van der Waals surface area contributed by atoms with Crippen molar-refractivity contribution in [1.82, 2.24) is 0 Å². The molecule has 1 atom stereocenters. The Morgan fingerprint density at radius 1 is 1.28 bits per heavy atom. The lowest BCUT2D eigenvalue weighted by atomic mass is 9.68. The molecule has 1 aromatic rings. The average Bonchev–Trinajstić information content (AvgIpc) is 2.44. The topological polar surface area (TPSA) is 29.5 Å². The molecule has 0 amide bonds. The van der Waals surface area contributed by atoms with Crippen LogP contribution in [0.5, 0.6) is 0 Å². The van der Waals surface area contributed by atoms with Gasteiger partial charge in [-0.25, -0.2) is 0 Å². The van der Waals surface area contributed by atoms with Crippen LogP contribution in [0.1, 0.15) is 43.7 Å². The minimum absolute atomic E-state index is 0.0669. The summed E-state index contributed by atoms with van der Waals surface area (Å²) in [6, 6.07) is 8.57. The molecule has 0 fully saturated rings. The van der Waals surface area contributed by atoms with Crippen molar-refractivity contribution in [2.75, 3.05) is 19.8 Å². The first-order valence-corrected chi connectivity index (χ1v) is 7.09. The lowest BCUT2D eigenvalue weighted by Crippen LogP contribution is -2.36. The van der Waals surface area contributed by atoms with E-state index in [1.54, 1.807) is 0 Å². The number of aryl methyl sites for hydroxylation is 1. The maximum absolute atomic E-state index is 9.89. The Balaban J connectivity index is 2.12. The van der Waals surface area contributed by atoms with Gasteiger partial charge in [0.1, 0.15) is 0 Å². The van der Waals surface area contributed by atoms with E-state index in [-0.39, 0.29) is 12.0 Å². The highest BCUT2D eigenvalue weighted by molar-refractivity contribution is 5.37. The summed E-state index contributed by atoms with van der Waals surface area (Å²) in [5.41, 5.74) is 2.69. The van der Waals surface area contributed by atoms with Gasteiger partial charge in [-0.3, -0.25) is 0 Å². The standard InChI is InChI=1S/C16H24O2/c1-2-11-18-12-10-16(13-17)9-5-7-14-6-3-4-8-15(14)16/h3-4,6,8,17H,2,5,7,9-13H2,1H3. The summed E-state index contributed by atoms with van der Waals surface area (Å²) in [7, 11) is 0. The van der Waals surface area contributed by atoms with Crippen LogP contribution in [0.2, 0.25) is 0 Å². The molecule has 0 bridgehead atoms. The van der Waals surface area contributed by atoms with E-state index in [9.17, 15) is 5.11 Å². The van der Waals surface area contributed by atoms with Gasteiger partial charge in [0, 0.05) is 18.6 Å². The van der Waals surface area contributed by atoms with E-state index < -0.39 is 0 Å². The van der Waals surface area contributed by atoms with E-state index in [0.29, 0.717) is 0 Å². The second-order valence-corrected chi connectivity index (χ2v) is 5.31. The van der Waals surface area contributed by atoms with Gasteiger partial charge in [-0.2, -0.15) is 0 Å². The van der Waals surface area contributed by atoms with Gasteiger partial charge in [-0.05, 0) is 43.2 Å². The highest BCUT2D eigenvalue weighted by Gasteiger charge is 2.35. The Labute approximate surface area is 110 Å². The molecule has 2 rings (SSSR count). The summed E-state index contributed by atoms with van der Waals surface area (Å²) in [6.45, 7) is 3.93. The van der Waals surface area contributed by atoms with E-state index >= 15 is 0 Å². The molecule has 0 aliphatic heterocycles. The van der Waals surface area contributed by atoms with Crippen molar-refractivity contribution in [3.05, 3.63) is 35.4 Å². The first kappa shape index (κ1) is 13.6. The zero-order valence-electron chi connectivity index (χ0n) is 11.3. The minimum atomic E-state index is -0.0669. The molecule has 0 saturated heterocycles. The molecule has 1 aliphatic rings. The van der Waals surface area contributed by atoms with Crippen LogP contribution in [0.4, 0.5) is 0 Å². The van der Waals surface area contributed by atoms with E-state index in [1.807, 2.05) is 0 Å². The lowest BCUT2D eigenvalue weighted by Gasteiger charge is -2.38. The van der Waals surface area contributed by atoms with Crippen molar-refractivity contribution in [2.45, 2.75) is 44.4 Å². The molecule has 2 heteroatoms.